The summed E-state index contributed by atoms with van der Waals surface area (Å²) in [7, 11) is 1.34. The second kappa shape index (κ2) is 7.18. The number of ether oxygens (including phenoxy) is 3. The van der Waals surface area contributed by atoms with Crippen molar-refractivity contribution in [2.24, 2.45) is 0 Å². The molecule has 1 heterocycles. The van der Waals surface area contributed by atoms with Crippen LogP contribution in [0.1, 0.15) is 10.4 Å². The molecule has 1 aliphatic rings. The van der Waals surface area contributed by atoms with Crippen LogP contribution >= 0.6 is 12.2 Å². The number of thiocarbonyl (C=S) groups is 1. The van der Waals surface area contributed by atoms with E-state index in [4.69, 9.17) is 26.4 Å². The van der Waals surface area contributed by atoms with Crippen LogP contribution in [-0.4, -0.2) is 31.4 Å². The van der Waals surface area contributed by atoms with Gasteiger partial charge >= 0.3 is 5.97 Å². The first-order valence-corrected chi connectivity index (χ1v) is 7.72. The third-order valence-corrected chi connectivity index (χ3v) is 3.55. The van der Waals surface area contributed by atoms with E-state index >= 15 is 0 Å². The summed E-state index contributed by atoms with van der Waals surface area (Å²) in [5.41, 5.74) is 1.92. The number of carbonyl (C=O) groups is 1. The maximum absolute atomic E-state index is 11.6. The molecule has 2 aromatic carbocycles. The highest BCUT2D eigenvalue weighted by atomic mass is 32.1. The lowest BCUT2D eigenvalue weighted by molar-refractivity contribution is 0.0601. The van der Waals surface area contributed by atoms with Crippen molar-refractivity contribution in [3.8, 4) is 11.5 Å². The minimum absolute atomic E-state index is 0.397. The van der Waals surface area contributed by atoms with Crippen LogP contribution in [-0.2, 0) is 4.74 Å². The fraction of sp³-hybridized carbons (Fsp3) is 0.176. The number of nitrogens with one attached hydrogen (secondary N) is 2. The molecule has 0 saturated carbocycles. The third-order valence-electron chi connectivity index (χ3n) is 3.34. The number of hydrogen-bond acceptors (Lipinski definition) is 5. The molecule has 0 unspecified atom stereocenters. The van der Waals surface area contributed by atoms with Crippen LogP contribution in [0.5, 0.6) is 11.5 Å². The second-order valence-corrected chi connectivity index (χ2v) is 5.42. The third kappa shape index (κ3) is 3.75. The van der Waals surface area contributed by atoms with Gasteiger partial charge in [0.05, 0.1) is 12.7 Å². The number of anilines is 2. The highest BCUT2D eigenvalue weighted by molar-refractivity contribution is 7.80. The lowest BCUT2D eigenvalue weighted by Gasteiger charge is -2.19. The van der Waals surface area contributed by atoms with Crippen LogP contribution in [0.4, 0.5) is 11.4 Å². The minimum atomic E-state index is -0.399. The second-order valence-electron chi connectivity index (χ2n) is 5.01. The Kier molecular flexibility index (Phi) is 4.81. The average molecular weight is 344 g/mol. The quantitative estimate of drug-likeness (QED) is 0.655. The van der Waals surface area contributed by atoms with E-state index < -0.39 is 5.97 Å². The van der Waals surface area contributed by atoms with Crippen molar-refractivity contribution < 1.29 is 19.0 Å². The monoisotopic (exact) mass is 344 g/mol. The smallest absolute Gasteiger partial charge is 0.337 e. The number of fused-ring (bicyclic) bond motifs is 1. The van der Waals surface area contributed by atoms with Crippen LogP contribution in [0.25, 0.3) is 0 Å². The molecule has 2 aromatic rings. The van der Waals surface area contributed by atoms with Crippen LogP contribution < -0.4 is 20.1 Å². The first-order valence-electron chi connectivity index (χ1n) is 7.32. The van der Waals surface area contributed by atoms with Crippen molar-refractivity contribution in [2.45, 2.75) is 0 Å². The lowest BCUT2D eigenvalue weighted by atomic mass is 10.2. The molecule has 6 nitrogen and oxygen atoms in total. The number of esters is 1. The molecule has 24 heavy (non-hydrogen) atoms. The Balaban J connectivity index is 1.66. The predicted molar refractivity (Wildman–Crippen MR) is 95.1 cm³/mol. The Morgan fingerprint density at radius 3 is 2.50 bits per heavy atom. The van der Waals surface area contributed by atoms with Gasteiger partial charge in [0.15, 0.2) is 16.6 Å². The first kappa shape index (κ1) is 16.1. The molecule has 0 spiro atoms. The SMILES string of the molecule is COC(=O)c1cccc(NC(=S)Nc2ccc3c(c2)OCCO3)c1. The van der Waals surface area contributed by atoms with Gasteiger partial charge in [0.1, 0.15) is 13.2 Å². The molecule has 0 fully saturated rings. The fourth-order valence-corrected chi connectivity index (χ4v) is 2.49. The van der Waals surface area contributed by atoms with Crippen molar-refractivity contribution >= 4 is 34.7 Å². The van der Waals surface area contributed by atoms with Gasteiger partial charge in [-0.3, -0.25) is 0 Å². The molecule has 0 atom stereocenters. The summed E-state index contributed by atoms with van der Waals surface area (Å²) in [4.78, 5) is 11.6. The number of methoxy groups -OCH3 is 1. The molecule has 0 aromatic heterocycles. The maximum atomic E-state index is 11.6. The minimum Gasteiger partial charge on any atom is -0.486 e. The number of rotatable bonds is 3. The average Bonchev–Trinajstić information content (AvgIpc) is 2.61. The Morgan fingerprint density at radius 2 is 1.75 bits per heavy atom. The van der Waals surface area contributed by atoms with Gasteiger partial charge in [-0.1, -0.05) is 6.07 Å². The van der Waals surface area contributed by atoms with Crippen LogP contribution in [0.3, 0.4) is 0 Å². The molecule has 7 heteroatoms. The van der Waals surface area contributed by atoms with Gasteiger partial charge in [0.25, 0.3) is 0 Å². The predicted octanol–water partition coefficient (Wildman–Crippen LogP) is 3.05. The van der Waals surface area contributed by atoms with E-state index in [1.54, 1.807) is 18.2 Å². The molecule has 0 amide bonds. The molecule has 0 aliphatic carbocycles. The van der Waals surface area contributed by atoms with E-state index in [9.17, 15) is 4.79 Å². The zero-order valence-corrected chi connectivity index (χ0v) is 13.8. The van der Waals surface area contributed by atoms with Crippen molar-refractivity contribution in [1.29, 1.82) is 0 Å². The van der Waals surface area contributed by atoms with E-state index in [-0.39, 0.29) is 0 Å². The van der Waals surface area contributed by atoms with Crippen molar-refractivity contribution in [1.82, 2.24) is 0 Å². The topological polar surface area (TPSA) is 68.8 Å². The molecule has 0 bridgehead atoms. The van der Waals surface area contributed by atoms with Crippen LogP contribution in [0.2, 0.25) is 0 Å². The highest BCUT2D eigenvalue weighted by Gasteiger charge is 2.12. The van der Waals surface area contributed by atoms with E-state index in [2.05, 4.69) is 10.6 Å². The van der Waals surface area contributed by atoms with Gasteiger partial charge in [-0.05, 0) is 42.5 Å². The molecule has 124 valence electrons. The van der Waals surface area contributed by atoms with Gasteiger partial charge < -0.3 is 24.8 Å². The fourth-order valence-electron chi connectivity index (χ4n) is 2.26. The molecular weight excluding hydrogens is 328 g/mol. The Labute approximate surface area is 144 Å². The molecular formula is C17H16N2O4S. The van der Waals surface area contributed by atoms with Gasteiger partial charge in [-0.2, -0.15) is 0 Å². The Bertz CT molecular complexity index is 779. The van der Waals surface area contributed by atoms with E-state index in [1.165, 1.54) is 7.11 Å². The Morgan fingerprint density at radius 1 is 1.04 bits per heavy atom. The van der Waals surface area contributed by atoms with Gasteiger partial charge in [-0.25, -0.2) is 4.79 Å². The van der Waals surface area contributed by atoms with Gasteiger partial charge in [0.2, 0.25) is 0 Å². The molecule has 3 rings (SSSR count). The number of hydrogen-bond donors (Lipinski definition) is 2. The normalized spacial score (nSPS) is 12.2. The first-order chi connectivity index (χ1) is 11.7. The van der Waals surface area contributed by atoms with Crippen molar-refractivity contribution in [2.75, 3.05) is 31.0 Å². The van der Waals surface area contributed by atoms with Gasteiger partial charge in [0, 0.05) is 17.4 Å². The van der Waals surface area contributed by atoms with Gasteiger partial charge in [-0.15, -0.1) is 0 Å². The zero-order chi connectivity index (χ0) is 16.9. The van der Waals surface area contributed by atoms with Crippen LogP contribution in [0, 0.1) is 0 Å². The summed E-state index contributed by atoms with van der Waals surface area (Å²) in [6, 6.07) is 12.4. The highest BCUT2D eigenvalue weighted by Crippen LogP contribution is 2.32. The lowest BCUT2D eigenvalue weighted by Crippen LogP contribution is -2.20. The summed E-state index contributed by atoms with van der Waals surface area (Å²) in [5, 5.41) is 6.50. The van der Waals surface area contributed by atoms with Crippen molar-refractivity contribution in [3.63, 3.8) is 0 Å². The van der Waals surface area contributed by atoms with E-state index in [0.717, 1.165) is 11.4 Å². The number of carbonyl (C=O) groups excluding carboxylic acids is 1. The van der Waals surface area contributed by atoms with E-state index in [1.807, 2.05) is 24.3 Å². The number of benzene rings is 2. The summed E-state index contributed by atoms with van der Waals surface area (Å²) in [5.74, 6) is 1.00. The molecule has 0 saturated heterocycles. The molecule has 1 aliphatic heterocycles. The zero-order valence-electron chi connectivity index (χ0n) is 13.0. The summed E-state index contributed by atoms with van der Waals surface area (Å²) < 4.78 is 15.7. The molecule has 2 N–H and O–H groups in total. The summed E-state index contributed by atoms with van der Waals surface area (Å²) in [6.45, 7) is 1.08. The Hall–Kier alpha value is -2.80. The molecule has 0 radical (unpaired) electrons. The summed E-state index contributed by atoms with van der Waals surface area (Å²) >= 11 is 5.30. The van der Waals surface area contributed by atoms with Crippen molar-refractivity contribution in [3.05, 3.63) is 48.0 Å². The van der Waals surface area contributed by atoms with E-state index in [0.29, 0.717) is 35.3 Å². The summed E-state index contributed by atoms with van der Waals surface area (Å²) in [6.07, 6.45) is 0. The standard InChI is InChI=1S/C17H16N2O4S/c1-21-16(20)11-3-2-4-12(9-11)18-17(24)19-13-5-6-14-15(10-13)23-8-7-22-14/h2-6,9-10H,7-8H2,1H3,(H2,18,19,24). The largest absolute Gasteiger partial charge is 0.486 e. The maximum Gasteiger partial charge on any atom is 0.337 e. The van der Waals surface area contributed by atoms with Crippen LogP contribution in [0.15, 0.2) is 42.5 Å².